The third-order valence-electron chi connectivity index (χ3n) is 3.94. The predicted octanol–water partition coefficient (Wildman–Crippen LogP) is 0.824. The van der Waals surface area contributed by atoms with E-state index in [0.29, 0.717) is 18.5 Å². The number of rotatable bonds is 8. The second-order valence-corrected chi connectivity index (χ2v) is 7.87. The van der Waals surface area contributed by atoms with E-state index in [0.717, 1.165) is 5.56 Å². The van der Waals surface area contributed by atoms with Crippen molar-refractivity contribution in [1.29, 1.82) is 0 Å². The van der Waals surface area contributed by atoms with E-state index in [9.17, 15) is 13.5 Å². The fraction of sp³-hybridized carbons (Fsp3) is 0.333. The Kier molecular flexibility index (Phi) is 7.28. The summed E-state index contributed by atoms with van der Waals surface area (Å²) < 4.78 is 26.7. The molecule has 1 heterocycles. The number of nitrogens with two attached hydrogens (primary N) is 2. The SMILES string of the molecule is Cc1ccc(S(=O)(=O)NC(N)=NCCC[C@H](N)C(O)c2ccccn2)cc1. The van der Waals surface area contributed by atoms with Gasteiger partial charge in [-0.15, -0.1) is 0 Å². The molecule has 0 saturated carbocycles. The maximum Gasteiger partial charge on any atom is 0.264 e. The highest BCUT2D eigenvalue weighted by molar-refractivity contribution is 7.90. The Morgan fingerprint density at radius 1 is 1.26 bits per heavy atom. The van der Waals surface area contributed by atoms with Crippen LogP contribution in [0, 0.1) is 6.92 Å². The molecule has 146 valence electrons. The number of guanidine groups is 1. The summed E-state index contributed by atoms with van der Waals surface area (Å²) in [4.78, 5) is 8.20. The molecule has 6 N–H and O–H groups in total. The molecule has 1 aromatic heterocycles. The summed E-state index contributed by atoms with van der Waals surface area (Å²) in [5.41, 5.74) is 13.1. The molecule has 0 aliphatic carbocycles. The van der Waals surface area contributed by atoms with Crippen molar-refractivity contribution in [2.75, 3.05) is 6.54 Å². The largest absolute Gasteiger partial charge is 0.385 e. The minimum atomic E-state index is -3.76. The maximum atomic E-state index is 12.2. The minimum Gasteiger partial charge on any atom is -0.385 e. The standard InChI is InChI=1S/C18H25N5O3S/c1-13-7-9-14(10-8-13)27(25,26)23-18(20)22-12-4-5-15(19)17(24)16-6-2-3-11-21-16/h2-3,6-11,15,17,24H,4-5,12,19H2,1H3,(H3,20,22,23)/t15-,17?/m0/s1. The van der Waals surface area contributed by atoms with E-state index in [1.807, 2.05) is 6.92 Å². The Labute approximate surface area is 159 Å². The number of nitrogens with one attached hydrogen (secondary N) is 1. The van der Waals surface area contributed by atoms with Gasteiger partial charge in [0.25, 0.3) is 10.0 Å². The van der Waals surface area contributed by atoms with E-state index in [1.54, 1.807) is 36.5 Å². The first-order valence-corrected chi connectivity index (χ1v) is 10.0. The zero-order valence-corrected chi connectivity index (χ0v) is 15.9. The molecule has 0 saturated heterocycles. The number of nitrogens with zero attached hydrogens (tertiary/aromatic N) is 2. The van der Waals surface area contributed by atoms with Crippen LogP contribution in [0.25, 0.3) is 0 Å². The highest BCUT2D eigenvalue weighted by Gasteiger charge is 2.17. The van der Waals surface area contributed by atoms with Crippen LogP contribution in [-0.2, 0) is 10.0 Å². The first-order valence-electron chi connectivity index (χ1n) is 8.53. The number of aryl methyl sites for hydroxylation is 1. The third kappa shape index (κ3) is 6.31. The molecule has 0 aliphatic heterocycles. The molecule has 0 spiro atoms. The molecule has 2 aromatic rings. The number of aromatic nitrogens is 1. The van der Waals surface area contributed by atoms with Crippen molar-refractivity contribution in [2.45, 2.75) is 36.8 Å². The molecule has 2 rings (SSSR count). The Balaban J connectivity index is 1.82. The van der Waals surface area contributed by atoms with E-state index < -0.39 is 22.2 Å². The number of aliphatic hydroxyl groups excluding tert-OH is 1. The van der Waals surface area contributed by atoms with E-state index in [1.165, 1.54) is 12.1 Å². The maximum absolute atomic E-state index is 12.2. The van der Waals surface area contributed by atoms with Gasteiger partial charge in [0.05, 0.1) is 10.6 Å². The minimum absolute atomic E-state index is 0.117. The van der Waals surface area contributed by atoms with E-state index in [2.05, 4.69) is 14.7 Å². The second-order valence-electron chi connectivity index (χ2n) is 6.19. The Hall–Kier alpha value is -2.49. The zero-order chi connectivity index (χ0) is 19.9. The van der Waals surface area contributed by atoms with Gasteiger partial charge in [-0.3, -0.25) is 9.98 Å². The van der Waals surface area contributed by atoms with Gasteiger partial charge in [-0.05, 0) is 44.0 Å². The molecule has 9 heteroatoms. The van der Waals surface area contributed by atoms with Crippen LogP contribution in [0.4, 0.5) is 0 Å². The molecule has 0 radical (unpaired) electrons. The van der Waals surface area contributed by atoms with Gasteiger partial charge in [0.15, 0.2) is 0 Å². The van der Waals surface area contributed by atoms with Crippen LogP contribution >= 0.6 is 0 Å². The van der Waals surface area contributed by atoms with Gasteiger partial charge in [0, 0.05) is 18.8 Å². The third-order valence-corrected chi connectivity index (χ3v) is 5.31. The van der Waals surface area contributed by atoms with Gasteiger partial charge in [-0.25, -0.2) is 13.1 Å². The van der Waals surface area contributed by atoms with Crippen LogP contribution < -0.4 is 16.2 Å². The average Bonchev–Trinajstić information content (AvgIpc) is 2.65. The zero-order valence-electron chi connectivity index (χ0n) is 15.1. The number of benzene rings is 1. The Morgan fingerprint density at radius 3 is 2.59 bits per heavy atom. The van der Waals surface area contributed by atoms with Crippen LogP contribution in [0.15, 0.2) is 58.5 Å². The monoisotopic (exact) mass is 391 g/mol. The van der Waals surface area contributed by atoms with Gasteiger partial charge < -0.3 is 16.6 Å². The van der Waals surface area contributed by atoms with Gasteiger partial charge in [0.1, 0.15) is 6.10 Å². The molecule has 1 aromatic carbocycles. The normalized spacial score (nSPS) is 14.6. The fourth-order valence-corrected chi connectivity index (χ4v) is 3.35. The summed E-state index contributed by atoms with van der Waals surface area (Å²) in [7, 11) is -3.76. The lowest BCUT2D eigenvalue weighted by Crippen LogP contribution is -2.37. The highest BCUT2D eigenvalue weighted by atomic mass is 32.2. The van der Waals surface area contributed by atoms with Crippen molar-refractivity contribution in [1.82, 2.24) is 9.71 Å². The average molecular weight is 391 g/mol. The van der Waals surface area contributed by atoms with Gasteiger partial charge in [-0.1, -0.05) is 23.8 Å². The Bertz CT molecular complexity index is 854. The lowest BCUT2D eigenvalue weighted by atomic mass is 10.0. The fourth-order valence-electron chi connectivity index (χ4n) is 2.40. The van der Waals surface area contributed by atoms with Crippen molar-refractivity contribution >= 4 is 16.0 Å². The molecule has 0 fully saturated rings. The number of hydrogen-bond donors (Lipinski definition) is 4. The summed E-state index contributed by atoms with van der Waals surface area (Å²) in [6.07, 6.45) is 1.75. The van der Waals surface area contributed by atoms with Crippen molar-refractivity contribution in [2.24, 2.45) is 16.5 Å². The van der Waals surface area contributed by atoms with Crippen LogP contribution in [0.3, 0.4) is 0 Å². The number of aliphatic imine (C=N–C) groups is 1. The summed E-state index contributed by atoms with van der Waals surface area (Å²) in [5, 5.41) is 10.2. The lowest BCUT2D eigenvalue weighted by molar-refractivity contribution is 0.137. The number of sulfonamides is 1. The van der Waals surface area contributed by atoms with Crippen LogP contribution in [0.1, 0.15) is 30.2 Å². The van der Waals surface area contributed by atoms with Crippen molar-refractivity contribution in [3.63, 3.8) is 0 Å². The summed E-state index contributed by atoms with van der Waals surface area (Å²) in [6.45, 7) is 2.15. The van der Waals surface area contributed by atoms with Crippen LogP contribution in [-0.4, -0.2) is 37.1 Å². The summed E-state index contributed by atoms with van der Waals surface area (Å²) in [6, 6.07) is 11.2. The lowest BCUT2D eigenvalue weighted by Gasteiger charge is -2.17. The van der Waals surface area contributed by atoms with Crippen molar-refractivity contribution in [3.05, 3.63) is 59.9 Å². The van der Waals surface area contributed by atoms with Crippen LogP contribution in [0.2, 0.25) is 0 Å². The Morgan fingerprint density at radius 2 is 1.96 bits per heavy atom. The van der Waals surface area contributed by atoms with E-state index in [-0.39, 0.29) is 17.4 Å². The number of hydrogen-bond acceptors (Lipinski definition) is 6. The van der Waals surface area contributed by atoms with Crippen molar-refractivity contribution in [3.8, 4) is 0 Å². The molecular weight excluding hydrogens is 366 g/mol. The summed E-state index contributed by atoms with van der Waals surface area (Å²) >= 11 is 0. The second kappa shape index (κ2) is 9.45. The molecule has 0 aliphatic rings. The number of aliphatic hydroxyl groups is 1. The van der Waals surface area contributed by atoms with Crippen LogP contribution in [0.5, 0.6) is 0 Å². The molecule has 8 nitrogen and oxygen atoms in total. The molecule has 0 amide bonds. The number of pyridine rings is 1. The molecule has 27 heavy (non-hydrogen) atoms. The molecular formula is C18H25N5O3S. The predicted molar refractivity (Wildman–Crippen MR) is 104 cm³/mol. The van der Waals surface area contributed by atoms with Gasteiger partial charge in [-0.2, -0.15) is 0 Å². The smallest absolute Gasteiger partial charge is 0.264 e. The first-order chi connectivity index (χ1) is 12.8. The quantitative estimate of drug-likeness (QED) is 0.298. The molecule has 1 unspecified atom stereocenters. The molecule has 2 atom stereocenters. The first kappa shape index (κ1) is 20.8. The topological polar surface area (TPSA) is 144 Å². The van der Waals surface area contributed by atoms with Crippen molar-refractivity contribution < 1.29 is 13.5 Å². The van der Waals surface area contributed by atoms with Gasteiger partial charge >= 0.3 is 0 Å². The highest BCUT2D eigenvalue weighted by Crippen LogP contribution is 2.15. The summed E-state index contributed by atoms with van der Waals surface area (Å²) in [5.74, 6) is -0.186. The molecule has 0 bridgehead atoms. The van der Waals surface area contributed by atoms with E-state index in [4.69, 9.17) is 11.5 Å². The van der Waals surface area contributed by atoms with E-state index >= 15 is 0 Å². The van der Waals surface area contributed by atoms with Gasteiger partial charge in [0.2, 0.25) is 5.96 Å².